The van der Waals surface area contributed by atoms with Gasteiger partial charge in [0.2, 0.25) is 0 Å². The van der Waals surface area contributed by atoms with Crippen molar-refractivity contribution in [3.63, 3.8) is 0 Å². The summed E-state index contributed by atoms with van der Waals surface area (Å²) in [5.41, 5.74) is 4.52. The highest BCUT2D eigenvalue weighted by atomic mass is 16.2. The van der Waals surface area contributed by atoms with Crippen molar-refractivity contribution in [2.75, 3.05) is 17.2 Å². The number of carbonyl (C=O) groups is 2. The standard InChI is InChI=1S/C28H29N7O2/c1-3-31-26-24(27(36)33-19(2)22-7-5-15-30-18-22)12-13-25(35-26)21-8-10-23(11-9-21)34-28(37)32-17-20-6-4-14-29-16-20/h4-16,18-19H,3,17H2,1-2H3,(H,31,35)(H,33,36)(H2,32,34,37). The molecule has 1 atom stereocenters. The van der Waals surface area contributed by atoms with E-state index in [9.17, 15) is 9.59 Å². The van der Waals surface area contributed by atoms with E-state index < -0.39 is 0 Å². The van der Waals surface area contributed by atoms with Crippen molar-refractivity contribution >= 4 is 23.4 Å². The van der Waals surface area contributed by atoms with E-state index in [0.717, 1.165) is 16.7 Å². The molecule has 37 heavy (non-hydrogen) atoms. The van der Waals surface area contributed by atoms with Crippen LogP contribution >= 0.6 is 0 Å². The van der Waals surface area contributed by atoms with Crippen LogP contribution in [0.1, 0.15) is 41.4 Å². The number of anilines is 2. The highest BCUT2D eigenvalue weighted by Gasteiger charge is 2.17. The molecule has 0 fully saturated rings. The van der Waals surface area contributed by atoms with Crippen LogP contribution < -0.4 is 21.3 Å². The molecular formula is C28H29N7O2. The van der Waals surface area contributed by atoms with E-state index in [-0.39, 0.29) is 18.0 Å². The Balaban J connectivity index is 1.42. The van der Waals surface area contributed by atoms with Gasteiger partial charge >= 0.3 is 6.03 Å². The molecule has 3 heterocycles. The summed E-state index contributed by atoms with van der Waals surface area (Å²) in [5.74, 6) is 0.288. The maximum absolute atomic E-state index is 13.0. The molecule has 0 aliphatic heterocycles. The third kappa shape index (κ3) is 6.88. The first-order valence-corrected chi connectivity index (χ1v) is 12.0. The summed E-state index contributed by atoms with van der Waals surface area (Å²) in [6.07, 6.45) is 6.83. The quantitative estimate of drug-likeness (QED) is 0.265. The van der Waals surface area contributed by atoms with Crippen LogP contribution in [0.2, 0.25) is 0 Å². The molecule has 4 N–H and O–H groups in total. The van der Waals surface area contributed by atoms with Crippen molar-refractivity contribution < 1.29 is 9.59 Å². The fourth-order valence-corrected chi connectivity index (χ4v) is 3.68. The van der Waals surface area contributed by atoms with Crippen LogP contribution in [-0.4, -0.2) is 33.4 Å². The average molecular weight is 496 g/mol. The predicted octanol–water partition coefficient (Wildman–Crippen LogP) is 4.78. The van der Waals surface area contributed by atoms with Gasteiger partial charge < -0.3 is 21.3 Å². The lowest BCUT2D eigenvalue weighted by atomic mass is 10.1. The second-order valence-electron chi connectivity index (χ2n) is 8.35. The van der Waals surface area contributed by atoms with Gasteiger partial charge in [-0.3, -0.25) is 14.8 Å². The number of urea groups is 1. The Morgan fingerprint density at radius 2 is 1.68 bits per heavy atom. The molecule has 4 aromatic rings. The SMILES string of the molecule is CCNc1nc(-c2ccc(NC(=O)NCc3cccnc3)cc2)ccc1C(=O)NC(C)c1cccnc1. The van der Waals surface area contributed by atoms with Crippen molar-refractivity contribution in [1.82, 2.24) is 25.6 Å². The second-order valence-corrected chi connectivity index (χ2v) is 8.35. The fraction of sp³-hybridized carbons (Fsp3) is 0.179. The number of amides is 3. The minimum atomic E-state index is -0.306. The maximum Gasteiger partial charge on any atom is 0.319 e. The van der Waals surface area contributed by atoms with Gasteiger partial charge in [0, 0.05) is 49.1 Å². The highest BCUT2D eigenvalue weighted by molar-refractivity contribution is 5.99. The second kappa shape index (κ2) is 12.3. The van der Waals surface area contributed by atoms with E-state index in [4.69, 9.17) is 4.98 Å². The number of pyridine rings is 3. The smallest absolute Gasteiger partial charge is 0.319 e. The zero-order valence-corrected chi connectivity index (χ0v) is 20.7. The van der Waals surface area contributed by atoms with Crippen LogP contribution in [0.25, 0.3) is 11.3 Å². The molecule has 1 unspecified atom stereocenters. The Morgan fingerprint density at radius 3 is 2.35 bits per heavy atom. The molecule has 0 aliphatic carbocycles. The molecule has 3 amide bonds. The average Bonchev–Trinajstić information content (AvgIpc) is 2.93. The number of nitrogens with zero attached hydrogens (tertiary/aromatic N) is 3. The Labute approximate surface area is 215 Å². The third-order valence-electron chi connectivity index (χ3n) is 5.63. The van der Waals surface area contributed by atoms with Crippen LogP contribution in [0.4, 0.5) is 16.3 Å². The molecule has 0 saturated carbocycles. The lowest BCUT2D eigenvalue weighted by Crippen LogP contribution is -2.28. The van der Waals surface area contributed by atoms with Crippen molar-refractivity contribution in [2.45, 2.75) is 26.4 Å². The molecule has 3 aromatic heterocycles. The summed E-state index contributed by atoms with van der Waals surface area (Å²) in [7, 11) is 0. The van der Waals surface area contributed by atoms with E-state index in [2.05, 4.69) is 31.2 Å². The Bertz CT molecular complexity index is 1330. The van der Waals surface area contributed by atoms with E-state index in [1.807, 2.05) is 68.4 Å². The summed E-state index contributed by atoms with van der Waals surface area (Å²) < 4.78 is 0. The summed E-state index contributed by atoms with van der Waals surface area (Å²) >= 11 is 0. The Hall–Kier alpha value is -4.79. The lowest BCUT2D eigenvalue weighted by Gasteiger charge is -2.16. The van der Waals surface area contributed by atoms with Crippen molar-refractivity contribution in [2.24, 2.45) is 0 Å². The summed E-state index contributed by atoms with van der Waals surface area (Å²) in [6.45, 7) is 4.87. The van der Waals surface area contributed by atoms with Crippen molar-refractivity contribution in [3.05, 3.63) is 102 Å². The Kier molecular flexibility index (Phi) is 8.38. The lowest BCUT2D eigenvalue weighted by molar-refractivity contribution is 0.0940. The van der Waals surface area contributed by atoms with Gasteiger partial charge in [-0.1, -0.05) is 24.3 Å². The zero-order valence-electron chi connectivity index (χ0n) is 20.7. The molecule has 1 aromatic carbocycles. The monoisotopic (exact) mass is 495 g/mol. The summed E-state index contributed by atoms with van der Waals surface area (Å²) in [4.78, 5) is 38.1. The van der Waals surface area contributed by atoms with Gasteiger partial charge in [-0.2, -0.15) is 0 Å². The highest BCUT2D eigenvalue weighted by Crippen LogP contribution is 2.24. The summed E-state index contributed by atoms with van der Waals surface area (Å²) in [6, 6.07) is 17.9. The van der Waals surface area contributed by atoms with Crippen molar-refractivity contribution in [1.29, 1.82) is 0 Å². The summed E-state index contributed by atoms with van der Waals surface area (Å²) in [5, 5.41) is 11.8. The molecule has 0 saturated heterocycles. The van der Waals surface area contributed by atoms with E-state index >= 15 is 0 Å². The number of nitrogens with one attached hydrogen (secondary N) is 4. The van der Waals surface area contributed by atoms with Gasteiger partial charge in [0.1, 0.15) is 5.82 Å². The number of hydrogen-bond donors (Lipinski definition) is 4. The van der Waals surface area contributed by atoms with Crippen LogP contribution in [-0.2, 0) is 6.54 Å². The molecule has 0 spiro atoms. The van der Waals surface area contributed by atoms with E-state index in [1.165, 1.54) is 0 Å². The first kappa shape index (κ1) is 25.3. The molecule has 9 nitrogen and oxygen atoms in total. The number of benzene rings is 1. The van der Waals surface area contributed by atoms with Gasteiger partial charge in [0.15, 0.2) is 0 Å². The molecular weight excluding hydrogens is 466 g/mol. The largest absolute Gasteiger partial charge is 0.370 e. The van der Waals surface area contributed by atoms with Crippen LogP contribution in [0.5, 0.6) is 0 Å². The number of hydrogen-bond acceptors (Lipinski definition) is 6. The van der Waals surface area contributed by atoms with Gasteiger partial charge in [-0.05, 0) is 61.4 Å². The first-order valence-electron chi connectivity index (χ1n) is 12.0. The minimum Gasteiger partial charge on any atom is -0.370 e. The van der Waals surface area contributed by atoms with Gasteiger partial charge in [0.05, 0.1) is 17.3 Å². The molecule has 0 radical (unpaired) electrons. The van der Waals surface area contributed by atoms with E-state index in [1.54, 1.807) is 30.9 Å². The maximum atomic E-state index is 13.0. The van der Waals surface area contributed by atoms with E-state index in [0.29, 0.717) is 35.9 Å². The number of aromatic nitrogens is 3. The molecule has 9 heteroatoms. The van der Waals surface area contributed by atoms with Crippen LogP contribution in [0.15, 0.2) is 85.5 Å². The predicted molar refractivity (Wildman–Crippen MR) is 144 cm³/mol. The van der Waals surface area contributed by atoms with Crippen molar-refractivity contribution in [3.8, 4) is 11.3 Å². The number of rotatable bonds is 9. The molecule has 188 valence electrons. The molecule has 0 aliphatic rings. The van der Waals surface area contributed by atoms with Crippen LogP contribution in [0.3, 0.4) is 0 Å². The normalized spacial score (nSPS) is 11.3. The third-order valence-corrected chi connectivity index (χ3v) is 5.63. The van der Waals surface area contributed by atoms with Gasteiger partial charge in [-0.15, -0.1) is 0 Å². The van der Waals surface area contributed by atoms with Gasteiger partial charge in [-0.25, -0.2) is 9.78 Å². The first-order chi connectivity index (χ1) is 18.0. The molecule has 0 bridgehead atoms. The fourth-order valence-electron chi connectivity index (χ4n) is 3.68. The minimum absolute atomic E-state index is 0.197. The zero-order chi connectivity index (χ0) is 26.0. The topological polar surface area (TPSA) is 121 Å². The number of carbonyl (C=O) groups excluding carboxylic acids is 2. The van der Waals surface area contributed by atoms with Crippen LogP contribution in [0, 0.1) is 0 Å². The Morgan fingerprint density at radius 1 is 0.919 bits per heavy atom. The molecule has 4 rings (SSSR count). The van der Waals surface area contributed by atoms with Gasteiger partial charge in [0.25, 0.3) is 5.91 Å².